The van der Waals surface area contributed by atoms with Crippen molar-refractivity contribution < 1.29 is 26.7 Å². The van der Waals surface area contributed by atoms with Crippen LogP contribution >= 0.6 is 15.9 Å². The second-order valence-corrected chi connectivity index (χ2v) is 11.5. The summed E-state index contributed by atoms with van der Waals surface area (Å²) in [5, 5.41) is 24.7. The molecular formula is C19H13BrN4O8S2. The minimum atomic E-state index is -4.88. The first kappa shape index (κ1) is 24.9. The third-order valence-corrected chi connectivity index (χ3v) is 9.10. The van der Waals surface area contributed by atoms with Crippen LogP contribution in [0.5, 0.6) is 0 Å². The summed E-state index contributed by atoms with van der Waals surface area (Å²) >= 11 is 3.18. The molecule has 0 aliphatic heterocycles. The smallest absolute Gasteiger partial charge is 0.270 e. The topological polar surface area (TPSA) is 179 Å². The van der Waals surface area contributed by atoms with Crippen LogP contribution < -0.4 is 5.32 Å². The van der Waals surface area contributed by atoms with Gasteiger partial charge in [0.05, 0.1) is 19.6 Å². The molecule has 0 fully saturated rings. The Hall–Kier alpha value is -3.69. The molecule has 0 saturated heterocycles. The largest absolute Gasteiger partial charge is 0.345 e. The van der Waals surface area contributed by atoms with Crippen molar-refractivity contribution in [3.63, 3.8) is 0 Å². The number of hydrogen-bond acceptors (Lipinski definition) is 10. The third-order valence-electron chi connectivity index (χ3n) is 4.27. The van der Waals surface area contributed by atoms with Gasteiger partial charge >= 0.3 is 0 Å². The Balaban J connectivity index is 2.21. The maximum Gasteiger partial charge on any atom is 0.270 e. The molecule has 3 aromatic rings. The van der Waals surface area contributed by atoms with Crippen LogP contribution in [0, 0.1) is 20.2 Å². The number of sulfone groups is 2. The number of anilines is 1. The number of pyridine rings is 1. The van der Waals surface area contributed by atoms with Crippen LogP contribution in [0.15, 0.2) is 91.6 Å². The van der Waals surface area contributed by atoms with Gasteiger partial charge in [0.1, 0.15) is 5.82 Å². The van der Waals surface area contributed by atoms with E-state index < -0.39 is 54.9 Å². The molecule has 1 N–H and O–H groups in total. The highest BCUT2D eigenvalue weighted by molar-refractivity contribution is 9.10. The fraction of sp³-hybridized carbons (Fsp3) is 0. The number of non-ortho nitro benzene ring substituents is 2. The molecule has 0 radical (unpaired) electrons. The molecule has 0 unspecified atom stereocenters. The Kier molecular flexibility index (Phi) is 7.09. The molecule has 1 aromatic heterocycles. The molecule has 15 heteroatoms. The van der Waals surface area contributed by atoms with Gasteiger partial charge in [0, 0.05) is 41.1 Å². The molecule has 0 aliphatic rings. The lowest BCUT2D eigenvalue weighted by Gasteiger charge is -2.12. The van der Waals surface area contributed by atoms with E-state index in [1.54, 1.807) is 6.07 Å². The lowest BCUT2D eigenvalue weighted by atomic mass is 10.3. The van der Waals surface area contributed by atoms with Gasteiger partial charge in [0.25, 0.3) is 11.4 Å². The molecular weight excluding hydrogens is 556 g/mol. The Morgan fingerprint density at radius 2 is 1.35 bits per heavy atom. The Morgan fingerprint density at radius 3 is 1.76 bits per heavy atom. The number of nitro benzene ring substituents is 2. The number of hydrogen-bond donors (Lipinski definition) is 1. The molecule has 34 heavy (non-hydrogen) atoms. The van der Waals surface area contributed by atoms with Crippen LogP contribution in [0.1, 0.15) is 0 Å². The van der Waals surface area contributed by atoms with Crippen LogP contribution in [0.25, 0.3) is 0 Å². The molecule has 0 aliphatic carbocycles. The van der Waals surface area contributed by atoms with E-state index in [0.29, 0.717) is 22.8 Å². The number of nitrogens with zero attached hydrogens (tertiary/aromatic N) is 3. The first-order valence-corrected chi connectivity index (χ1v) is 12.8. The first-order valence-electron chi connectivity index (χ1n) is 9.00. The summed E-state index contributed by atoms with van der Waals surface area (Å²) in [5.74, 6) is 0.0872. The standard InChI is InChI=1S/C19H13BrN4O8S2/c20-13-7-8-18(21-11-13)22-12-19(33(29,30)16-5-1-3-14(9-16)23(25)26)34(31,32)17-6-2-4-15(10-17)24(27)28/h1-12H,(H,21,22). The van der Waals surface area contributed by atoms with Gasteiger partial charge in [0.2, 0.25) is 19.7 Å². The summed E-state index contributed by atoms with van der Waals surface area (Å²) in [7, 11) is -9.75. The van der Waals surface area contributed by atoms with Crippen molar-refractivity contribution in [1.29, 1.82) is 0 Å². The maximum absolute atomic E-state index is 13.3. The van der Waals surface area contributed by atoms with Crippen molar-refractivity contribution in [2.75, 3.05) is 5.32 Å². The van der Waals surface area contributed by atoms with E-state index in [4.69, 9.17) is 0 Å². The van der Waals surface area contributed by atoms with E-state index in [2.05, 4.69) is 26.2 Å². The van der Waals surface area contributed by atoms with Crippen molar-refractivity contribution in [2.45, 2.75) is 9.79 Å². The number of aromatic nitrogens is 1. The lowest BCUT2D eigenvalue weighted by molar-refractivity contribution is -0.385. The van der Waals surface area contributed by atoms with Gasteiger partial charge < -0.3 is 5.32 Å². The van der Waals surface area contributed by atoms with Crippen molar-refractivity contribution in [3.8, 4) is 0 Å². The minimum absolute atomic E-state index is 0.0872. The van der Waals surface area contributed by atoms with Crippen molar-refractivity contribution in [1.82, 2.24) is 4.98 Å². The summed E-state index contributed by atoms with van der Waals surface area (Å²) in [6.07, 6.45) is 2.04. The predicted octanol–water partition coefficient (Wildman–Crippen LogP) is 3.82. The third kappa shape index (κ3) is 5.27. The van der Waals surface area contributed by atoms with Crippen LogP contribution in [-0.2, 0) is 19.7 Å². The number of halogens is 1. The minimum Gasteiger partial charge on any atom is -0.345 e. The fourth-order valence-corrected chi connectivity index (χ4v) is 6.58. The fourth-order valence-electron chi connectivity index (χ4n) is 2.65. The Bertz CT molecular complexity index is 1430. The summed E-state index contributed by atoms with van der Waals surface area (Å²) in [4.78, 5) is 23.2. The maximum atomic E-state index is 13.3. The van der Waals surface area contributed by atoms with Gasteiger partial charge in [0.15, 0.2) is 4.24 Å². The van der Waals surface area contributed by atoms with E-state index >= 15 is 0 Å². The summed E-state index contributed by atoms with van der Waals surface area (Å²) in [6, 6.07) is 10.7. The normalized spacial score (nSPS) is 11.4. The second kappa shape index (κ2) is 9.66. The molecule has 1 heterocycles. The zero-order valence-electron chi connectivity index (χ0n) is 16.7. The zero-order chi connectivity index (χ0) is 25.1. The molecule has 0 saturated carbocycles. The van der Waals surface area contributed by atoms with Crippen LogP contribution in [-0.4, -0.2) is 31.7 Å². The van der Waals surface area contributed by atoms with Gasteiger partial charge in [-0.25, -0.2) is 21.8 Å². The lowest BCUT2D eigenvalue weighted by Crippen LogP contribution is -2.17. The van der Waals surface area contributed by atoms with Gasteiger partial charge in [-0.3, -0.25) is 20.2 Å². The quantitative estimate of drug-likeness (QED) is 0.310. The van der Waals surface area contributed by atoms with Crippen LogP contribution in [0.3, 0.4) is 0 Å². The van der Waals surface area contributed by atoms with Gasteiger partial charge in [-0.15, -0.1) is 0 Å². The summed E-state index contributed by atoms with van der Waals surface area (Å²) < 4.78 is 52.8. The summed E-state index contributed by atoms with van der Waals surface area (Å²) in [5.41, 5.74) is -1.15. The van der Waals surface area contributed by atoms with E-state index in [0.717, 1.165) is 36.4 Å². The molecule has 0 spiro atoms. The average molecular weight is 569 g/mol. The molecule has 0 amide bonds. The van der Waals surface area contributed by atoms with Crippen LogP contribution in [0.4, 0.5) is 17.2 Å². The second-order valence-electron chi connectivity index (χ2n) is 6.49. The molecule has 3 rings (SSSR count). The van der Waals surface area contributed by atoms with Crippen LogP contribution in [0.2, 0.25) is 0 Å². The van der Waals surface area contributed by atoms with E-state index in [9.17, 15) is 37.1 Å². The van der Waals surface area contributed by atoms with Gasteiger partial charge in [-0.05, 0) is 40.2 Å². The highest BCUT2D eigenvalue weighted by atomic mass is 79.9. The zero-order valence-corrected chi connectivity index (χ0v) is 19.9. The molecule has 0 bridgehead atoms. The number of rotatable bonds is 8. The number of nitrogens with one attached hydrogen (secondary N) is 1. The molecule has 176 valence electrons. The molecule has 0 atom stereocenters. The van der Waals surface area contributed by atoms with E-state index in [1.165, 1.54) is 12.3 Å². The Labute approximate surface area is 201 Å². The van der Waals surface area contributed by atoms with Crippen molar-refractivity contribution >= 4 is 52.8 Å². The highest BCUT2D eigenvalue weighted by Gasteiger charge is 2.35. The highest BCUT2D eigenvalue weighted by Crippen LogP contribution is 2.32. The Morgan fingerprint density at radius 1 is 0.853 bits per heavy atom. The molecule has 12 nitrogen and oxygen atoms in total. The van der Waals surface area contributed by atoms with Gasteiger partial charge in [-0.2, -0.15) is 0 Å². The van der Waals surface area contributed by atoms with Crippen molar-refractivity contribution in [3.05, 3.63) is 102 Å². The SMILES string of the molecule is O=[N+]([O-])c1cccc(S(=O)(=O)C(=CNc2ccc(Br)cn2)S(=O)(=O)c2cccc([N+](=O)[O-])c2)c1. The monoisotopic (exact) mass is 568 g/mol. The summed E-state index contributed by atoms with van der Waals surface area (Å²) in [6.45, 7) is 0. The van der Waals surface area contributed by atoms with Gasteiger partial charge in [-0.1, -0.05) is 12.1 Å². The number of benzene rings is 2. The molecule has 2 aromatic carbocycles. The predicted molar refractivity (Wildman–Crippen MR) is 124 cm³/mol. The number of nitro groups is 2. The van der Waals surface area contributed by atoms with E-state index in [1.807, 2.05) is 0 Å². The first-order chi connectivity index (χ1) is 15.9. The average Bonchev–Trinajstić information content (AvgIpc) is 2.80. The van der Waals surface area contributed by atoms with Crippen molar-refractivity contribution in [2.24, 2.45) is 0 Å². The van der Waals surface area contributed by atoms with E-state index in [-0.39, 0.29) is 5.82 Å².